The molecule has 0 aliphatic carbocycles. The maximum Gasteiger partial charge on any atom is 0.118 e. The Morgan fingerprint density at radius 3 is 2.80 bits per heavy atom. The first-order valence-corrected chi connectivity index (χ1v) is 7.13. The number of hydrogen-bond donors (Lipinski definition) is 1. The van der Waals surface area contributed by atoms with Crippen molar-refractivity contribution < 1.29 is 9.13 Å². The van der Waals surface area contributed by atoms with Gasteiger partial charge in [0.2, 0.25) is 0 Å². The van der Waals surface area contributed by atoms with Gasteiger partial charge < -0.3 is 10.1 Å². The lowest BCUT2D eigenvalue weighted by atomic mass is 10.2. The van der Waals surface area contributed by atoms with E-state index in [9.17, 15) is 4.39 Å². The molecule has 0 fully saturated rings. The molecule has 0 spiro atoms. The smallest absolute Gasteiger partial charge is 0.118 e. The fourth-order valence-electron chi connectivity index (χ4n) is 1.67. The number of benzene rings is 1. The van der Waals surface area contributed by atoms with E-state index in [2.05, 4.69) is 17.4 Å². The van der Waals surface area contributed by atoms with Crippen molar-refractivity contribution >= 4 is 0 Å². The van der Waals surface area contributed by atoms with Gasteiger partial charge in [0.25, 0.3) is 0 Å². The monoisotopic (exact) mass is 277 g/mol. The van der Waals surface area contributed by atoms with Crippen molar-refractivity contribution in [1.29, 1.82) is 0 Å². The fraction of sp³-hybridized carbons (Fsp3) is 0.412. The third-order valence-electron chi connectivity index (χ3n) is 2.81. The van der Waals surface area contributed by atoms with Crippen LogP contribution in [-0.4, -0.2) is 19.8 Å². The molecule has 0 aliphatic heterocycles. The molecule has 110 valence electrons. The number of halogens is 1. The fourth-order valence-corrected chi connectivity index (χ4v) is 1.67. The lowest BCUT2D eigenvalue weighted by Gasteiger charge is -2.05. The standard InChI is InChI=1S/C17H24FNO/c1-2-17(18)11-7-4-8-13-20-14-12-19-15-16-9-5-3-6-10-16/h2-3,5-7,9-11,19H,4,8,12-15H2,1H3/b11-7-,17-2+. The zero-order chi connectivity index (χ0) is 14.5. The van der Waals surface area contributed by atoms with Crippen molar-refractivity contribution in [2.24, 2.45) is 0 Å². The average Bonchev–Trinajstić information content (AvgIpc) is 2.50. The Morgan fingerprint density at radius 1 is 1.25 bits per heavy atom. The van der Waals surface area contributed by atoms with Crippen molar-refractivity contribution in [3.05, 3.63) is 60.0 Å². The number of rotatable bonds is 10. The zero-order valence-corrected chi connectivity index (χ0v) is 12.1. The summed E-state index contributed by atoms with van der Waals surface area (Å²) in [5.41, 5.74) is 1.28. The molecule has 0 unspecified atom stereocenters. The predicted molar refractivity (Wildman–Crippen MR) is 82.2 cm³/mol. The molecule has 1 rings (SSSR count). The number of unbranched alkanes of at least 4 members (excludes halogenated alkanes) is 1. The van der Waals surface area contributed by atoms with E-state index in [1.54, 1.807) is 6.92 Å². The molecule has 0 atom stereocenters. The number of nitrogens with one attached hydrogen (secondary N) is 1. The Balaban J connectivity index is 1.89. The number of ether oxygens (including phenoxy) is 1. The molecule has 0 bridgehead atoms. The van der Waals surface area contributed by atoms with Gasteiger partial charge >= 0.3 is 0 Å². The van der Waals surface area contributed by atoms with Gasteiger partial charge in [-0.05, 0) is 31.4 Å². The summed E-state index contributed by atoms with van der Waals surface area (Å²) in [7, 11) is 0. The third-order valence-corrected chi connectivity index (χ3v) is 2.81. The highest BCUT2D eigenvalue weighted by Gasteiger charge is 1.91. The molecule has 0 aliphatic rings. The quantitative estimate of drug-likeness (QED) is 0.515. The highest BCUT2D eigenvalue weighted by Crippen LogP contribution is 2.00. The van der Waals surface area contributed by atoms with E-state index in [1.807, 2.05) is 24.3 Å². The lowest BCUT2D eigenvalue weighted by Crippen LogP contribution is -2.19. The van der Waals surface area contributed by atoms with E-state index in [-0.39, 0.29) is 5.83 Å². The second kappa shape index (κ2) is 11.4. The molecule has 0 saturated carbocycles. The van der Waals surface area contributed by atoms with E-state index in [0.717, 1.165) is 32.5 Å². The lowest BCUT2D eigenvalue weighted by molar-refractivity contribution is 0.134. The van der Waals surface area contributed by atoms with E-state index in [0.29, 0.717) is 6.61 Å². The van der Waals surface area contributed by atoms with Crippen LogP contribution in [0.3, 0.4) is 0 Å². The van der Waals surface area contributed by atoms with Gasteiger partial charge in [-0.25, -0.2) is 4.39 Å². The van der Waals surface area contributed by atoms with Crippen LogP contribution in [0.4, 0.5) is 4.39 Å². The minimum absolute atomic E-state index is 0.184. The van der Waals surface area contributed by atoms with Gasteiger partial charge in [-0.1, -0.05) is 42.5 Å². The molecule has 1 aromatic carbocycles. The zero-order valence-electron chi connectivity index (χ0n) is 12.1. The summed E-state index contributed by atoms with van der Waals surface area (Å²) in [6.07, 6.45) is 6.56. The topological polar surface area (TPSA) is 21.3 Å². The van der Waals surface area contributed by atoms with Crippen LogP contribution in [0.1, 0.15) is 25.3 Å². The highest BCUT2D eigenvalue weighted by atomic mass is 19.1. The predicted octanol–water partition coefficient (Wildman–Crippen LogP) is 4.00. The number of hydrogen-bond acceptors (Lipinski definition) is 2. The molecule has 3 heteroatoms. The van der Waals surface area contributed by atoms with Gasteiger partial charge in [-0.2, -0.15) is 0 Å². The first-order valence-electron chi connectivity index (χ1n) is 7.13. The van der Waals surface area contributed by atoms with Gasteiger partial charge in [0.15, 0.2) is 0 Å². The van der Waals surface area contributed by atoms with Crippen LogP contribution < -0.4 is 5.32 Å². The molecule has 1 aromatic rings. The van der Waals surface area contributed by atoms with E-state index in [1.165, 1.54) is 17.7 Å². The molecule has 0 saturated heterocycles. The normalized spacial score (nSPS) is 12.2. The van der Waals surface area contributed by atoms with Crippen molar-refractivity contribution in [3.63, 3.8) is 0 Å². The van der Waals surface area contributed by atoms with E-state index in [4.69, 9.17) is 4.74 Å². The first-order chi connectivity index (χ1) is 9.83. The second-order valence-electron chi connectivity index (χ2n) is 4.49. The largest absolute Gasteiger partial charge is 0.380 e. The van der Waals surface area contributed by atoms with Gasteiger partial charge in [0.1, 0.15) is 5.83 Å². The van der Waals surface area contributed by atoms with Gasteiger partial charge in [-0.3, -0.25) is 0 Å². The SMILES string of the molecule is C/C=C(F)\C=C/CCCOCCNCc1ccccc1. The molecule has 0 radical (unpaired) electrons. The maximum absolute atomic E-state index is 12.7. The maximum atomic E-state index is 12.7. The summed E-state index contributed by atoms with van der Waals surface area (Å²) in [5, 5.41) is 3.33. The van der Waals surface area contributed by atoms with Crippen LogP contribution in [0.25, 0.3) is 0 Å². The van der Waals surface area contributed by atoms with Crippen LogP contribution in [0.15, 0.2) is 54.4 Å². The third kappa shape index (κ3) is 8.62. The Kier molecular flexibility index (Phi) is 9.45. The summed E-state index contributed by atoms with van der Waals surface area (Å²) in [5.74, 6) is -0.184. The molecule has 20 heavy (non-hydrogen) atoms. The molecular weight excluding hydrogens is 253 g/mol. The Labute approximate surface area is 121 Å². The molecule has 1 N–H and O–H groups in total. The van der Waals surface area contributed by atoms with Crippen molar-refractivity contribution in [2.45, 2.75) is 26.3 Å². The summed E-state index contributed by atoms with van der Waals surface area (Å²) < 4.78 is 18.2. The molecule has 0 amide bonds. The second-order valence-corrected chi connectivity index (χ2v) is 4.49. The Hall–Kier alpha value is -1.45. The first kappa shape index (κ1) is 16.6. The molecule has 0 heterocycles. The summed E-state index contributed by atoms with van der Waals surface area (Å²) in [6, 6.07) is 10.3. The van der Waals surface area contributed by atoms with E-state index >= 15 is 0 Å². The van der Waals surface area contributed by atoms with Crippen LogP contribution in [0.2, 0.25) is 0 Å². The summed E-state index contributed by atoms with van der Waals surface area (Å²) in [4.78, 5) is 0. The van der Waals surface area contributed by atoms with Gasteiger partial charge in [0, 0.05) is 19.7 Å². The summed E-state index contributed by atoms with van der Waals surface area (Å²) >= 11 is 0. The number of allylic oxidation sites excluding steroid dienone is 4. The summed E-state index contributed by atoms with van der Waals surface area (Å²) in [6.45, 7) is 4.83. The van der Waals surface area contributed by atoms with Crippen LogP contribution >= 0.6 is 0 Å². The van der Waals surface area contributed by atoms with Gasteiger partial charge in [-0.15, -0.1) is 0 Å². The van der Waals surface area contributed by atoms with Crippen molar-refractivity contribution in [3.8, 4) is 0 Å². The molecular formula is C17H24FNO. The van der Waals surface area contributed by atoms with Crippen molar-refractivity contribution in [1.82, 2.24) is 5.32 Å². The van der Waals surface area contributed by atoms with Crippen LogP contribution in [-0.2, 0) is 11.3 Å². The van der Waals surface area contributed by atoms with Crippen molar-refractivity contribution in [2.75, 3.05) is 19.8 Å². The average molecular weight is 277 g/mol. The van der Waals surface area contributed by atoms with Crippen LogP contribution in [0.5, 0.6) is 0 Å². The Bertz CT molecular complexity index is 401. The Morgan fingerprint density at radius 2 is 2.05 bits per heavy atom. The highest BCUT2D eigenvalue weighted by molar-refractivity contribution is 5.14. The van der Waals surface area contributed by atoms with Gasteiger partial charge in [0.05, 0.1) is 6.61 Å². The van der Waals surface area contributed by atoms with Crippen LogP contribution in [0, 0.1) is 0 Å². The molecule has 0 aromatic heterocycles. The van der Waals surface area contributed by atoms with E-state index < -0.39 is 0 Å². The minimum Gasteiger partial charge on any atom is -0.380 e. The minimum atomic E-state index is -0.184. The molecule has 2 nitrogen and oxygen atoms in total.